The van der Waals surface area contributed by atoms with Crippen LogP contribution < -0.4 is 0 Å². The van der Waals surface area contributed by atoms with Crippen LogP contribution in [0.25, 0.3) is 17.1 Å². The summed E-state index contributed by atoms with van der Waals surface area (Å²) in [5.74, 6) is 1.11. The number of rotatable bonds is 10. The molecule has 2 aromatic carbocycles. The van der Waals surface area contributed by atoms with Gasteiger partial charge in [0.1, 0.15) is 0 Å². The van der Waals surface area contributed by atoms with E-state index >= 15 is 0 Å². The minimum Gasteiger partial charge on any atom is -0.338 e. The average Bonchev–Trinajstić information content (AvgIpc) is 3.34. The molecule has 0 radical (unpaired) electrons. The molecule has 0 bridgehead atoms. The fourth-order valence-corrected chi connectivity index (χ4v) is 5.68. The van der Waals surface area contributed by atoms with Gasteiger partial charge in [0.25, 0.3) is 0 Å². The maximum atomic E-state index is 13.1. The third-order valence-electron chi connectivity index (χ3n) is 6.63. The molecule has 2 heterocycles. The third-order valence-corrected chi connectivity index (χ3v) is 7.88. The van der Waals surface area contributed by atoms with E-state index in [0.29, 0.717) is 42.1 Å². The monoisotopic (exact) mass is 539 g/mol. The minimum atomic E-state index is 0.0150. The molecule has 37 heavy (non-hydrogen) atoms. The lowest BCUT2D eigenvalue weighted by molar-refractivity contribution is -0.141. The van der Waals surface area contributed by atoms with Crippen LogP contribution in [0.1, 0.15) is 46.0 Å². The molecule has 1 aliphatic heterocycles. The molecule has 2 amide bonds. The first kappa shape index (κ1) is 27.2. The number of para-hydroxylation sites is 1. The SMILES string of the molecule is CCCCCCC(=O)N1CCN(C(=O)CSc2nnc(-c3ccccc3Cl)n2-c2ccccc2)CC1C. The number of carbonyl (C=O) groups excluding carboxylic acids is 2. The summed E-state index contributed by atoms with van der Waals surface area (Å²) in [5.41, 5.74) is 1.68. The van der Waals surface area contributed by atoms with E-state index in [1.807, 2.05) is 75.9 Å². The Kier molecular flexibility index (Phi) is 9.63. The Hall–Kier alpha value is -2.84. The number of halogens is 1. The Morgan fingerprint density at radius 2 is 1.73 bits per heavy atom. The van der Waals surface area contributed by atoms with Crippen molar-refractivity contribution < 1.29 is 9.59 Å². The molecule has 0 saturated carbocycles. The molecule has 0 spiro atoms. The van der Waals surface area contributed by atoms with Gasteiger partial charge in [-0.3, -0.25) is 14.2 Å². The maximum Gasteiger partial charge on any atom is 0.233 e. The van der Waals surface area contributed by atoms with Crippen LogP contribution in [0.15, 0.2) is 59.8 Å². The van der Waals surface area contributed by atoms with Crippen LogP contribution in [0.4, 0.5) is 0 Å². The molecule has 196 valence electrons. The molecule has 7 nitrogen and oxygen atoms in total. The predicted octanol–water partition coefficient (Wildman–Crippen LogP) is 5.71. The number of nitrogens with zero attached hydrogens (tertiary/aromatic N) is 5. The molecule has 4 rings (SSSR count). The van der Waals surface area contributed by atoms with Crippen LogP contribution in [0.2, 0.25) is 5.02 Å². The molecule has 1 unspecified atom stereocenters. The van der Waals surface area contributed by atoms with Crippen LogP contribution >= 0.6 is 23.4 Å². The Balaban J connectivity index is 1.41. The first-order valence-electron chi connectivity index (χ1n) is 13.0. The van der Waals surface area contributed by atoms with Gasteiger partial charge in [-0.15, -0.1) is 10.2 Å². The maximum absolute atomic E-state index is 13.1. The fraction of sp³-hybridized carbons (Fsp3) is 0.429. The van der Waals surface area contributed by atoms with Crippen LogP contribution in [0.5, 0.6) is 0 Å². The topological polar surface area (TPSA) is 71.3 Å². The van der Waals surface area contributed by atoms with Gasteiger partial charge in [0.05, 0.1) is 10.8 Å². The highest BCUT2D eigenvalue weighted by Gasteiger charge is 2.29. The summed E-state index contributed by atoms with van der Waals surface area (Å²) in [6, 6.07) is 17.4. The van der Waals surface area contributed by atoms with E-state index < -0.39 is 0 Å². The molecule has 1 fully saturated rings. The smallest absolute Gasteiger partial charge is 0.233 e. The van der Waals surface area contributed by atoms with E-state index in [1.165, 1.54) is 18.2 Å². The highest BCUT2D eigenvalue weighted by atomic mass is 35.5. The summed E-state index contributed by atoms with van der Waals surface area (Å²) in [6.45, 7) is 5.89. The summed E-state index contributed by atoms with van der Waals surface area (Å²) in [4.78, 5) is 29.6. The largest absolute Gasteiger partial charge is 0.338 e. The van der Waals surface area contributed by atoms with Crippen LogP contribution in [0.3, 0.4) is 0 Å². The van der Waals surface area contributed by atoms with Gasteiger partial charge in [-0.25, -0.2) is 0 Å². The summed E-state index contributed by atoms with van der Waals surface area (Å²) in [7, 11) is 0. The molecule has 1 atom stereocenters. The van der Waals surface area contributed by atoms with Crippen molar-refractivity contribution in [1.82, 2.24) is 24.6 Å². The molecule has 0 N–H and O–H groups in total. The molecule has 1 saturated heterocycles. The van der Waals surface area contributed by atoms with E-state index in [-0.39, 0.29) is 23.6 Å². The van der Waals surface area contributed by atoms with Crippen molar-refractivity contribution in [3.63, 3.8) is 0 Å². The summed E-state index contributed by atoms with van der Waals surface area (Å²) in [6.07, 6.45) is 4.95. The zero-order chi connectivity index (χ0) is 26.2. The normalized spacial score (nSPS) is 15.7. The van der Waals surface area contributed by atoms with Crippen LogP contribution in [-0.4, -0.2) is 67.8 Å². The quantitative estimate of drug-likeness (QED) is 0.244. The van der Waals surface area contributed by atoms with E-state index in [2.05, 4.69) is 17.1 Å². The van der Waals surface area contributed by atoms with Gasteiger partial charge in [0.15, 0.2) is 11.0 Å². The van der Waals surface area contributed by atoms with Crippen molar-refractivity contribution in [3.05, 3.63) is 59.6 Å². The Morgan fingerprint density at radius 1 is 0.973 bits per heavy atom. The van der Waals surface area contributed by atoms with Crippen LogP contribution in [0, 0.1) is 0 Å². The number of hydrogen-bond donors (Lipinski definition) is 0. The van der Waals surface area contributed by atoms with Crippen molar-refractivity contribution in [2.45, 2.75) is 57.1 Å². The first-order chi connectivity index (χ1) is 18.0. The number of carbonyl (C=O) groups is 2. The number of amides is 2. The van der Waals surface area contributed by atoms with Crippen molar-refractivity contribution in [2.75, 3.05) is 25.4 Å². The summed E-state index contributed by atoms with van der Waals surface area (Å²) in [5, 5.41) is 10.1. The van der Waals surface area contributed by atoms with Crippen molar-refractivity contribution in [3.8, 4) is 17.1 Å². The number of thioether (sulfide) groups is 1. The third kappa shape index (κ3) is 6.73. The van der Waals surface area contributed by atoms with Gasteiger partial charge in [-0.1, -0.05) is 79.9 Å². The average molecular weight is 540 g/mol. The van der Waals surface area contributed by atoms with Gasteiger partial charge in [-0.2, -0.15) is 0 Å². The van der Waals surface area contributed by atoms with Crippen LogP contribution in [-0.2, 0) is 9.59 Å². The minimum absolute atomic E-state index is 0.0150. The number of piperazine rings is 1. The molecule has 9 heteroatoms. The molecule has 1 aromatic heterocycles. The zero-order valence-corrected chi connectivity index (χ0v) is 23.0. The van der Waals surface area contributed by atoms with Gasteiger partial charge in [0.2, 0.25) is 11.8 Å². The standard InChI is InChI=1S/C28H34ClN5O2S/c1-3-4-5-9-16-25(35)33-18-17-32(19-21(33)2)26(36)20-37-28-31-30-27(23-14-10-11-15-24(23)29)34(28)22-12-7-6-8-13-22/h6-8,10-15,21H,3-5,9,16-20H2,1-2H3. The number of hydrogen-bond acceptors (Lipinski definition) is 5. The Bertz CT molecular complexity index is 1200. The van der Waals surface area contributed by atoms with Gasteiger partial charge in [0, 0.05) is 43.3 Å². The summed E-state index contributed by atoms with van der Waals surface area (Å²) >= 11 is 7.83. The second kappa shape index (κ2) is 13.1. The lowest BCUT2D eigenvalue weighted by Gasteiger charge is -2.40. The van der Waals surface area contributed by atoms with E-state index in [4.69, 9.17) is 11.6 Å². The highest BCUT2D eigenvalue weighted by molar-refractivity contribution is 7.99. The second-order valence-electron chi connectivity index (χ2n) is 9.33. The number of unbranched alkanes of at least 4 members (excludes halogenated alkanes) is 3. The zero-order valence-electron chi connectivity index (χ0n) is 21.5. The first-order valence-corrected chi connectivity index (χ1v) is 14.3. The Labute approximate surface area is 228 Å². The van der Waals surface area contributed by atoms with Gasteiger partial charge < -0.3 is 9.80 Å². The summed E-state index contributed by atoms with van der Waals surface area (Å²) < 4.78 is 1.94. The number of aromatic nitrogens is 3. The van der Waals surface area contributed by atoms with Gasteiger partial charge in [-0.05, 0) is 37.6 Å². The fourth-order valence-electron chi connectivity index (χ4n) is 4.61. The van der Waals surface area contributed by atoms with E-state index in [1.54, 1.807) is 0 Å². The molecule has 1 aliphatic rings. The predicted molar refractivity (Wildman–Crippen MR) is 149 cm³/mol. The lowest BCUT2D eigenvalue weighted by atomic mass is 10.1. The Morgan fingerprint density at radius 3 is 2.46 bits per heavy atom. The lowest BCUT2D eigenvalue weighted by Crippen LogP contribution is -2.55. The van der Waals surface area contributed by atoms with Gasteiger partial charge >= 0.3 is 0 Å². The number of benzene rings is 2. The van der Waals surface area contributed by atoms with Crippen molar-refractivity contribution >= 4 is 35.2 Å². The molecule has 0 aliphatic carbocycles. The molecular weight excluding hydrogens is 506 g/mol. The van der Waals surface area contributed by atoms with E-state index in [9.17, 15) is 9.59 Å². The molecule has 3 aromatic rings. The van der Waals surface area contributed by atoms with Crippen molar-refractivity contribution in [2.24, 2.45) is 0 Å². The van der Waals surface area contributed by atoms with Crippen molar-refractivity contribution in [1.29, 1.82) is 0 Å². The van der Waals surface area contributed by atoms with E-state index in [0.717, 1.165) is 30.5 Å². The second-order valence-corrected chi connectivity index (χ2v) is 10.7. The highest BCUT2D eigenvalue weighted by Crippen LogP contribution is 2.32. The molecular formula is C28H34ClN5O2S.